The number of benzene rings is 2. The summed E-state index contributed by atoms with van der Waals surface area (Å²) < 4.78 is 7.17. The number of piperidine rings is 1. The molecule has 1 aliphatic carbocycles. The van der Waals surface area contributed by atoms with Crippen LogP contribution >= 0.6 is 0 Å². The van der Waals surface area contributed by atoms with E-state index in [9.17, 15) is 25.2 Å². The number of rotatable bonds is 2. The summed E-state index contributed by atoms with van der Waals surface area (Å²) in [5.74, 6) is 5.96. The van der Waals surface area contributed by atoms with Crippen LogP contribution in [0.1, 0.15) is 45.6 Å². The van der Waals surface area contributed by atoms with E-state index in [4.69, 9.17) is 4.74 Å². The van der Waals surface area contributed by atoms with Gasteiger partial charge in [-0.2, -0.15) is 5.10 Å². The van der Waals surface area contributed by atoms with Crippen LogP contribution in [0.2, 0.25) is 0 Å². The van der Waals surface area contributed by atoms with Crippen molar-refractivity contribution in [3.05, 3.63) is 76.6 Å². The van der Waals surface area contributed by atoms with Crippen LogP contribution in [-0.2, 0) is 17.2 Å². The SMILES string of the molecule is Cc1ccc2c(c1)C1(CCN(C(=O)c3ccnn3C)CC1)c1cc(C#C[C@H]3O[C@H](CO)[C@@H](O)[C@H](O)[C@@H]3O)ccc1-2. The molecule has 1 aromatic heterocycles. The predicted octanol–water partition coefficient (Wildman–Crippen LogP) is 1.13. The molecule has 40 heavy (non-hydrogen) atoms. The number of nitrogens with zero attached hydrogens (tertiary/aromatic N) is 3. The number of carbonyl (C=O) groups excluding carboxylic acids is 1. The number of hydrogen-bond donors (Lipinski definition) is 4. The third kappa shape index (κ3) is 4.24. The van der Waals surface area contributed by atoms with Crippen molar-refractivity contribution in [3.63, 3.8) is 0 Å². The van der Waals surface area contributed by atoms with Gasteiger partial charge >= 0.3 is 0 Å². The van der Waals surface area contributed by atoms with Gasteiger partial charge in [-0.15, -0.1) is 0 Å². The minimum atomic E-state index is -1.47. The van der Waals surface area contributed by atoms with Gasteiger partial charge in [0.15, 0.2) is 0 Å². The van der Waals surface area contributed by atoms with Crippen molar-refractivity contribution in [2.75, 3.05) is 19.7 Å². The molecule has 3 aromatic rings. The van der Waals surface area contributed by atoms with Crippen LogP contribution in [0.3, 0.4) is 0 Å². The standard InChI is InChI=1S/C31H33N3O6/c1-18-3-6-20-21-7-4-19(5-8-25-27(36)29(38)28(37)26(17-35)40-25)16-23(21)31(22(20)15-18)10-13-34(14-11-31)30(39)24-9-12-32-33(24)2/h3-4,6-7,9,12,15-16,25-29,35-38H,10-11,13-14,17H2,1-2H3/t25-,26-,27-,28-,29-/m1/s1. The summed E-state index contributed by atoms with van der Waals surface area (Å²) >= 11 is 0. The predicted molar refractivity (Wildman–Crippen MR) is 146 cm³/mol. The fourth-order valence-corrected chi connectivity index (χ4v) is 6.44. The second-order valence-electron chi connectivity index (χ2n) is 11.0. The van der Waals surface area contributed by atoms with E-state index in [1.165, 1.54) is 22.3 Å². The fourth-order valence-electron chi connectivity index (χ4n) is 6.44. The van der Waals surface area contributed by atoms with Crippen LogP contribution in [0, 0.1) is 18.8 Å². The summed E-state index contributed by atoms with van der Waals surface area (Å²) in [6.45, 7) is 2.81. The van der Waals surface area contributed by atoms with Crippen LogP contribution in [0.4, 0.5) is 0 Å². The molecule has 2 aromatic carbocycles. The van der Waals surface area contributed by atoms with Crippen molar-refractivity contribution in [2.24, 2.45) is 7.05 Å². The smallest absolute Gasteiger partial charge is 0.272 e. The molecule has 2 fully saturated rings. The summed E-state index contributed by atoms with van der Waals surface area (Å²) in [6.07, 6.45) is -3.18. The zero-order valence-corrected chi connectivity index (χ0v) is 22.5. The first-order chi connectivity index (χ1) is 19.2. The number of amides is 1. The lowest BCUT2D eigenvalue weighted by molar-refractivity contribution is -0.214. The number of aryl methyl sites for hydroxylation is 2. The highest BCUT2D eigenvalue weighted by Crippen LogP contribution is 2.54. The zero-order chi connectivity index (χ0) is 28.2. The molecule has 5 atom stereocenters. The molecule has 2 aliphatic heterocycles. The summed E-state index contributed by atoms with van der Waals surface area (Å²) in [6, 6.07) is 14.4. The number of aliphatic hydroxyl groups is 4. The number of aromatic nitrogens is 2. The molecule has 4 N–H and O–H groups in total. The van der Waals surface area contributed by atoms with Gasteiger partial charge in [0, 0.05) is 37.3 Å². The van der Waals surface area contributed by atoms with Crippen LogP contribution in [0.5, 0.6) is 0 Å². The van der Waals surface area contributed by atoms with Crippen molar-refractivity contribution in [1.29, 1.82) is 0 Å². The molecule has 208 valence electrons. The van der Waals surface area contributed by atoms with Crippen molar-refractivity contribution in [3.8, 4) is 23.0 Å². The average molecular weight is 544 g/mol. The van der Waals surface area contributed by atoms with E-state index in [1.54, 1.807) is 24.0 Å². The molecule has 3 heterocycles. The molecule has 0 bridgehead atoms. The van der Waals surface area contributed by atoms with Crippen molar-refractivity contribution in [2.45, 2.75) is 55.7 Å². The molecule has 3 aliphatic rings. The highest BCUT2D eigenvalue weighted by atomic mass is 16.5. The second kappa shape index (κ2) is 10.1. The topological polar surface area (TPSA) is 128 Å². The minimum Gasteiger partial charge on any atom is -0.394 e. The molecule has 0 saturated carbocycles. The first-order valence-corrected chi connectivity index (χ1v) is 13.6. The highest BCUT2D eigenvalue weighted by molar-refractivity contribution is 5.92. The van der Waals surface area contributed by atoms with E-state index in [1.807, 2.05) is 11.0 Å². The number of aliphatic hydroxyl groups excluding tert-OH is 4. The maximum atomic E-state index is 13.2. The van der Waals surface area contributed by atoms with Gasteiger partial charge in [-0.25, -0.2) is 0 Å². The Morgan fingerprint density at radius 2 is 1.73 bits per heavy atom. The summed E-state index contributed by atoms with van der Waals surface area (Å²) in [7, 11) is 1.78. The van der Waals surface area contributed by atoms with Crippen LogP contribution in [0.25, 0.3) is 11.1 Å². The quantitative estimate of drug-likeness (QED) is 0.357. The van der Waals surface area contributed by atoms with Crippen molar-refractivity contribution >= 4 is 5.91 Å². The van der Waals surface area contributed by atoms with E-state index >= 15 is 0 Å². The molecular formula is C31H33N3O6. The lowest BCUT2D eigenvalue weighted by Gasteiger charge is -2.41. The molecule has 9 nitrogen and oxygen atoms in total. The summed E-state index contributed by atoms with van der Waals surface area (Å²) in [5, 5.41) is 44.2. The third-order valence-electron chi connectivity index (χ3n) is 8.71. The Hall–Kier alpha value is -3.52. The van der Waals surface area contributed by atoms with E-state index in [-0.39, 0.29) is 11.3 Å². The molecule has 9 heteroatoms. The van der Waals surface area contributed by atoms with E-state index in [0.29, 0.717) is 18.8 Å². The van der Waals surface area contributed by atoms with Crippen molar-refractivity contribution < 1.29 is 30.0 Å². The number of likely N-dealkylation sites (tertiary alicyclic amines) is 1. The van der Waals surface area contributed by atoms with Crippen LogP contribution in [-0.4, -0.2) is 91.2 Å². The number of ether oxygens (including phenoxy) is 1. The normalized spacial score (nSPS) is 26.6. The van der Waals surface area contributed by atoms with Gasteiger partial charge in [-0.05, 0) is 60.2 Å². The van der Waals surface area contributed by atoms with Gasteiger partial charge in [-0.3, -0.25) is 9.48 Å². The third-order valence-corrected chi connectivity index (χ3v) is 8.71. The second-order valence-corrected chi connectivity index (χ2v) is 11.0. The van der Waals surface area contributed by atoms with Crippen LogP contribution in [0.15, 0.2) is 48.7 Å². The number of hydrogen-bond acceptors (Lipinski definition) is 7. The van der Waals surface area contributed by atoms with Crippen molar-refractivity contribution in [1.82, 2.24) is 14.7 Å². The summed E-state index contributed by atoms with van der Waals surface area (Å²) in [5.41, 5.74) is 7.01. The van der Waals surface area contributed by atoms with Gasteiger partial charge in [0.25, 0.3) is 5.91 Å². The Kier molecular flexibility index (Phi) is 6.77. The first-order valence-electron chi connectivity index (χ1n) is 13.6. The Balaban J connectivity index is 1.32. The Bertz CT molecular complexity index is 1510. The molecular weight excluding hydrogens is 510 g/mol. The largest absolute Gasteiger partial charge is 0.394 e. The highest BCUT2D eigenvalue weighted by Gasteiger charge is 2.46. The van der Waals surface area contributed by atoms with Crippen LogP contribution < -0.4 is 0 Å². The van der Waals surface area contributed by atoms with E-state index in [2.05, 4.69) is 54.2 Å². The van der Waals surface area contributed by atoms with E-state index < -0.39 is 37.1 Å². The summed E-state index contributed by atoms with van der Waals surface area (Å²) in [4.78, 5) is 15.1. The number of carbonyl (C=O) groups is 1. The number of fused-ring (bicyclic) bond motifs is 5. The molecule has 1 spiro atoms. The fraction of sp³-hybridized carbons (Fsp3) is 0.419. The van der Waals surface area contributed by atoms with Gasteiger partial charge in [0.05, 0.1) is 6.61 Å². The molecule has 1 amide bonds. The van der Waals surface area contributed by atoms with Gasteiger partial charge in [0.2, 0.25) is 0 Å². The van der Waals surface area contributed by atoms with Gasteiger partial charge in [-0.1, -0.05) is 41.7 Å². The minimum absolute atomic E-state index is 0.0170. The molecule has 0 radical (unpaired) electrons. The molecule has 2 saturated heterocycles. The van der Waals surface area contributed by atoms with E-state index in [0.717, 1.165) is 24.0 Å². The maximum Gasteiger partial charge on any atom is 0.272 e. The first kappa shape index (κ1) is 26.7. The zero-order valence-electron chi connectivity index (χ0n) is 22.5. The lowest BCUT2D eigenvalue weighted by Crippen LogP contribution is -2.58. The molecule has 0 unspecified atom stereocenters. The average Bonchev–Trinajstić information content (AvgIpc) is 3.50. The Labute approximate surface area is 232 Å². The van der Waals surface area contributed by atoms with Gasteiger partial charge in [0.1, 0.15) is 36.2 Å². The Morgan fingerprint density at radius 1 is 1.02 bits per heavy atom. The lowest BCUT2D eigenvalue weighted by atomic mass is 9.70. The Morgan fingerprint density at radius 3 is 2.40 bits per heavy atom. The monoisotopic (exact) mass is 543 g/mol. The molecule has 6 rings (SSSR count). The van der Waals surface area contributed by atoms with Gasteiger partial charge < -0.3 is 30.1 Å². The maximum absolute atomic E-state index is 13.2.